The molecule has 204 valence electrons. The maximum absolute atomic E-state index is 14.5. The van der Waals surface area contributed by atoms with Crippen LogP contribution in [0.2, 0.25) is 0 Å². The number of rotatable bonds is 9. The van der Waals surface area contributed by atoms with Gasteiger partial charge in [0.05, 0.1) is 7.11 Å². The average Bonchev–Trinajstić information content (AvgIpc) is 2.99. The highest BCUT2D eigenvalue weighted by Gasteiger charge is 2.40. The maximum atomic E-state index is 14.5. The van der Waals surface area contributed by atoms with E-state index in [4.69, 9.17) is 14.2 Å². The lowest BCUT2D eigenvalue weighted by molar-refractivity contribution is -0.155. The minimum atomic E-state index is -1.26. The minimum Gasteiger partial charge on any atom is -0.493 e. The molecule has 0 saturated heterocycles. The van der Waals surface area contributed by atoms with E-state index in [1.54, 1.807) is 48.5 Å². The number of ether oxygens (including phenoxy) is 3. The van der Waals surface area contributed by atoms with Crippen LogP contribution in [-0.4, -0.2) is 35.0 Å². The molecule has 1 aliphatic rings. The molecule has 0 saturated carbocycles. The zero-order valence-corrected chi connectivity index (χ0v) is 21.8. The molecule has 0 radical (unpaired) electrons. The molecular weight excluding hydrogens is 513 g/mol. The van der Waals surface area contributed by atoms with Crippen LogP contribution in [0.15, 0.2) is 97.1 Å². The van der Waals surface area contributed by atoms with Crippen LogP contribution in [-0.2, 0) is 29.2 Å². The van der Waals surface area contributed by atoms with Crippen molar-refractivity contribution in [3.8, 4) is 17.2 Å². The number of para-hydroxylation sites is 1. The number of hydrogen-bond acceptors (Lipinski definition) is 5. The smallest absolute Gasteiger partial charge is 0.326 e. The number of hydrogen-bond donors (Lipinski definition) is 1. The first-order chi connectivity index (χ1) is 19.5. The van der Waals surface area contributed by atoms with Gasteiger partial charge in [0.2, 0.25) is 6.10 Å². The highest BCUT2D eigenvalue weighted by Crippen LogP contribution is 2.40. The Hall–Kier alpha value is -4.85. The van der Waals surface area contributed by atoms with Crippen LogP contribution >= 0.6 is 0 Å². The van der Waals surface area contributed by atoms with Crippen molar-refractivity contribution in [3.05, 3.63) is 125 Å². The molecule has 0 fully saturated rings. The zero-order valence-electron chi connectivity index (χ0n) is 21.8. The summed E-state index contributed by atoms with van der Waals surface area (Å²) in [6.07, 6.45) is -1.26. The number of halogens is 1. The average molecular weight is 542 g/mol. The summed E-state index contributed by atoms with van der Waals surface area (Å²) in [5, 5.41) is 10.2. The van der Waals surface area contributed by atoms with Crippen LogP contribution in [0.5, 0.6) is 17.2 Å². The summed E-state index contributed by atoms with van der Waals surface area (Å²) >= 11 is 0. The standard InChI is InChI=1S/C32H28FNO6/c1-38-28-17-16-23-19-34(26(32(36)37)18-24(23)30(28)39-20-21-10-4-2-5-11-21)31(35)29(22-12-6-3-7-13-22)40-27-15-9-8-14-25(27)33/h2-17,26,29H,18-20H2,1H3,(H,36,37)/t26-,29+/m0/s1. The van der Waals surface area contributed by atoms with Crippen molar-refractivity contribution in [2.24, 2.45) is 0 Å². The van der Waals surface area contributed by atoms with Gasteiger partial charge in [-0.3, -0.25) is 4.79 Å². The lowest BCUT2D eigenvalue weighted by Gasteiger charge is -2.37. The summed E-state index contributed by atoms with van der Waals surface area (Å²) in [6, 6.07) is 26.4. The van der Waals surface area contributed by atoms with Crippen molar-refractivity contribution in [3.63, 3.8) is 0 Å². The Morgan fingerprint density at radius 2 is 1.60 bits per heavy atom. The minimum absolute atomic E-state index is 0.000784. The molecular formula is C32H28FNO6. The van der Waals surface area contributed by atoms with E-state index in [-0.39, 0.29) is 25.3 Å². The number of carbonyl (C=O) groups is 2. The largest absolute Gasteiger partial charge is 0.493 e. The number of nitrogens with zero attached hydrogens (tertiary/aromatic N) is 1. The van der Waals surface area contributed by atoms with Crippen molar-refractivity contribution < 1.29 is 33.3 Å². The van der Waals surface area contributed by atoms with Crippen LogP contribution in [0.25, 0.3) is 0 Å². The number of carboxylic acids is 1. The van der Waals surface area contributed by atoms with Gasteiger partial charge in [-0.2, -0.15) is 0 Å². The molecule has 1 amide bonds. The summed E-state index contributed by atoms with van der Waals surface area (Å²) in [7, 11) is 1.52. The van der Waals surface area contributed by atoms with Crippen LogP contribution in [0.4, 0.5) is 4.39 Å². The van der Waals surface area contributed by atoms with Gasteiger partial charge in [0.15, 0.2) is 23.1 Å². The van der Waals surface area contributed by atoms with Crippen molar-refractivity contribution in [2.45, 2.75) is 31.7 Å². The van der Waals surface area contributed by atoms with Crippen molar-refractivity contribution in [1.29, 1.82) is 0 Å². The van der Waals surface area contributed by atoms with Gasteiger partial charge in [0, 0.05) is 24.1 Å². The third-order valence-corrected chi connectivity index (χ3v) is 6.86. The second-order valence-electron chi connectivity index (χ2n) is 9.37. The van der Waals surface area contributed by atoms with E-state index in [1.165, 1.54) is 30.2 Å². The van der Waals surface area contributed by atoms with E-state index < -0.39 is 29.8 Å². The van der Waals surface area contributed by atoms with E-state index in [0.717, 1.165) is 11.1 Å². The van der Waals surface area contributed by atoms with Crippen molar-refractivity contribution in [1.82, 2.24) is 4.90 Å². The normalized spacial score (nSPS) is 15.1. The Morgan fingerprint density at radius 1 is 0.925 bits per heavy atom. The monoisotopic (exact) mass is 541 g/mol. The molecule has 40 heavy (non-hydrogen) atoms. The number of aliphatic carboxylic acids is 1. The van der Waals surface area contributed by atoms with Crippen molar-refractivity contribution in [2.75, 3.05) is 7.11 Å². The van der Waals surface area contributed by atoms with Gasteiger partial charge in [0.25, 0.3) is 5.91 Å². The molecule has 7 nitrogen and oxygen atoms in total. The molecule has 8 heteroatoms. The maximum Gasteiger partial charge on any atom is 0.326 e. The summed E-state index contributed by atoms with van der Waals surface area (Å²) in [6.45, 7) is 0.265. The number of fused-ring (bicyclic) bond motifs is 1. The van der Waals surface area contributed by atoms with Gasteiger partial charge in [0.1, 0.15) is 12.6 Å². The molecule has 0 unspecified atom stereocenters. The second-order valence-corrected chi connectivity index (χ2v) is 9.37. The molecule has 1 heterocycles. The fourth-order valence-corrected chi connectivity index (χ4v) is 4.82. The van der Waals surface area contributed by atoms with Gasteiger partial charge >= 0.3 is 5.97 Å². The lowest BCUT2D eigenvalue weighted by Crippen LogP contribution is -2.51. The van der Waals surface area contributed by atoms with Crippen molar-refractivity contribution >= 4 is 11.9 Å². The molecule has 0 aromatic heterocycles. The van der Waals surface area contributed by atoms with E-state index >= 15 is 0 Å². The first-order valence-corrected chi connectivity index (χ1v) is 12.8. The van der Waals surface area contributed by atoms with Crippen LogP contribution in [0, 0.1) is 5.82 Å². The van der Waals surface area contributed by atoms with Gasteiger partial charge in [-0.15, -0.1) is 0 Å². The molecule has 0 spiro atoms. The van der Waals surface area contributed by atoms with Crippen LogP contribution < -0.4 is 14.2 Å². The summed E-state index contributed by atoms with van der Waals surface area (Å²) in [5.41, 5.74) is 2.82. The third-order valence-electron chi connectivity index (χ3n) is 6.86. The van der Waals surface area contributed by atoms with Gasteiger partial charge < -0.3 is 24.2 Å². The zero-order chi connectivity index (χ0) is 28.1. The Kier molecular flexibility index (Phi) is 7.96. The molecule has 2 atom stereocenters. The summed E-state index contributed by atoms with van der Waals surface area (Å²) in [4.78, 5) is 27.8. The van der Waals surface area contributed by atoms with Gasteiger partial charge in [-0.05, 0) is 29.3 Å². The molecule has 1 aliphatic heterocycles. The number of amides is 1. The predicted octanol–water partition coefficient (Wildman–Crippen LogP) is 5.57. The number of benzene rings is 4. The van der Waals surface area contributed by atoms with E-state index in [1.807, 2.05) is 30.3 Å². The molecule has 0 bridgehead atoms. The Morgan fingerprint density at radius 3 is 2.27 bits per heavy atom. The fourth-order valence-electron chi connectivity index (χ4n) is 4.82. The molecule has 5 rings (SSSR count). The van der Waals surface area contributed by atoms with E-state index in [0.29, 0.717) is 22.6 Å². The summed E-state index contributed by atoms with van der Waals surface area (Å²) in [5.74, 6) is -1.56. The first-order valence-electron chi connectivity index (χ1n) is 12.8. The number of carbonyl (C=O) groups excluding carboxylic acids is 1. The predicted molar refractivity (Wildman–Crippen MR) is 146 cm³/mol. The molecule has 4 aromatic carbocycles. The highest BCUT2D eigenvalue weighted by atomic mass is 19.1. The quantitative estimate of drug-likeness (QED) is 0.298. The second kappa shape index (κ2) is 11.9. The molecule has 1 N–H and O–H groups in total. The Labute approximate surface area is 231 Å². The molecule has 4 aromatic rings. The number of carboxylic acid groups (broad SMARTS) is 1. The van der Waals surface area contributed by atoms with E-state index in [9.17, 15) is 19.1 Å². The van der Waals surface area contributed by atoms with Gasteiger partial charge in [-0.25, -0.2) is 9.18 Å². The first kappa shape index (κ1) is 26.7. The molecule has 0 aliphatic carbocycles. The SMILES string of the molecule is COc1ccc2c(c1OCc1ccccc1)C[C@@H](C(=O)O)N(C(=O)[C@H](Oc1ccccc1F)c1ccccc1)C2. The Bertz CT molecular complexity index is 1490. The fraction of sp³-hybridized carbons (Fsp3) is 0.188. The summed E-state index contributed by atoms with van der Waals surface area (Å²) < 4.78 is 32.1. The topological polar surface area (TPSA) is 85.3 Å². The Balaban J connectivity index is 1.49. The lowest BCUT2D eigenvalue weighted by atomic mass is 9.91. The third kappa shape index (κ3) is 5.61. The highest BCUT2D eigenvalue weighted by molar-refractivity contribution is 5.88. The van der Waals surface area contributed by atoms with Gasteiger partial charge in [-0.1, -0.05) is 78.9 Å². The van der Waals surface area contributed by atoms with Crippen LogP contribution in [0.3, 0.4) is 0 Å². The van der Waals surface area contributed by atoms with E-state index in [2.05, 4.69) is 0 Å². The number of methoxy groups -OCH3 is 1. The van der Waals surface area contributed by atoms with Crippen LogP contribution in [0.1, 0.15) is 28.4 Å².